The summed E-state index contributed by atoms with van der Waals surface area (Å²) >= 11 is 0. The maximum absolute atomic E-state index is 14.2. The summed E-state index contributed by atoms with van der Waals surface area (Å²) in [6.07, 6.45) is -6.31. The molecule has 1 aromatic carbocycles. The largest absolute Gasteiger partial charge is 0.476 e. The van der Waals surface area contributed by atoms with Crippen molar-refractivity contribution in [3.63, 3.8) is 0 Å². The van der Waals surface area contributed by atoms with Crippen LogP contribution in [0.15, 0.2) is 43.0 Å². The van der Waals surface area contributed by atoms with Crippen molar-refractivity contribution in [1.82, 2.24) is 4.98 Å². The normalized spacial score (nSPS) is 11.9. The van der Waals surface area contributed by atoms with Crippen molar-refractivity contribution in [1.29, 1.82) is 0 Å². The van der Waals surface area contributed by atoms with Gasteiger partial charge >= 0.3 is 24.3 Å². The fourth-order valence-electron chi connectivity index (χ4n) is 3.01. The van der Waals surface area contributed by atoms with E-state index in [9.17, 15) is 32.7 Å². The zero-order chi connectivity index (χ0) is 29.1. The first-order chi connectivity index (χ1) is 17.3. The van der Waals surface area contributed by atoms with E-state index < -0.39 is 58.4 Å². The predicted molar refractivity (Wildman–Crippen MR) is 132 cm³/mol. The first-order valence-corrected chi connectivity index (χ1v) is 11.3. The number of halogens is 3. The van der Waals surface area contributed by atoms with Crippen LogP contribution < -0.4 is 9.64 Å². The summed E-state index contributed by atoms with van der Waals surface area (Å²) < 4.78 is 58.3. The number of allylic oxidation sites excluding steroid dienone is 1. The number of imide groups is 1. The molecule has 1 N–H and O–H groups in total. The van der Waals surface area contributed by atoms with Gasteiger partial charge in [0, 0.05) is 0 Å². The highest BCUT2D eigenvalue weighted by molar-refractivity contribution is 6.13. The van der Waals surface area contributed by atoms with Gasteiger partial charge < -0.3 is 19.3 Å². The highest BCUT2D eigenvalue weighted by Crippen LogP contribution is 2.41. The summed E-state index contributed by atoms with van der Waals surface area (Å²) in [7, 11) is 0. The second kappa shape index (κ2) is 11.1. The van der Waals surface area contributed by atoms with Crippen molar-refractivity contribution in [3.05, 3.63) is 59.8 Å². The predicted octanol–water partition coefficient (Wildman–Crippen LogP) is 7.00. The molecule has 206 valence electrons. The monoisotopic (exact) mass is 538 g/mol. The van der Waals surface area contributed by atoms with Gasteiger partial charge in [-0.2, -0.15) is 18.1 Å². The second-order valence-electron chi connectivity index (χ2n) is 10.0. The number of alkyl halides is 3. The van der Waals surface area contributed by atoms with Crippen LogP contribution in [0.25, 0.3) is 0 Å². The highest BCUT2D eigenvalue weighted by atomic mass is 19.4. The molecule has 2 aromatic rings. The molecule has 2 amide bonds. The van der Waals surface area contributed by atoms with Crippen LogP contribution in [0.1, 0.15) is 63.2 Å². The van der Waals surface area contributed by atoms with Gasteiger partial charge in [0.25, 0.3) is 0 Å². The number of benzene rings is 1. The molecule has 0 saturated carbocycles. The topological polar surface area (TPSA) is 115 Å². The zero-order valence-corrected chi connectivity index (χ0v) is 21.8. The van der Waals surface area contributed by atoms with Gasteiger partial charge in [-0.3, -0.25) is 0 Å². The number of aromatic nitrogens is 1. The average Bonchev–Trinajstić information content (AvgIpc) is 2.72. The van der Waals surface area contributed by atoms with Crippen LogP contribution in [0.3, 0.4) is 0 Å². The lowest BCUT2D eigenvalue weighted by atomic mass is 10.1. The van der Waals surface area contributed by atoms with Crippen LogP contribution in [-0.2, 0) is 22.1 Å². The minimum absolute atomic E-state index is 0.0226. The van der Waals surface area contributed by atoms with Crippen LogP contribution in [0.5, 0.6) is 11.6 Å². The molecule has 12 heteroatoms. The number of carboxylic acid groups (broad SMARTS) is 1. The fraction of sp³-hybridized carbons (Fsp3) is 0.385. The lowest BCUT2D eigenvalue weighted by Gasteiger charge is -2.29. The van der Waals surface area contributed by atoms with E-state index in [1.807, 2.05) is 0 Å². The van der Waals surface area contributed by atoms with Crippen molar-refractivity contribution >= 4 is 23.8 Å². The lowest BCUT2D eigenvalue weighted by Crippen LogP contribution is -2.44. The number of carbonyl (C=O) groups is 3. The Kier molecular flexibility index (Phi) is 8.81. The summed E-state index contributed by atoms with van der Waals surface area (Å²) in [5.74, 6) is -2.95. The molecular weight excluding hydrogens is 509 g/mol. The van der Waals surface area contributed by atoms with Crippen LogP contribution >= 0.6 is 0 Å². The second-order valence-corrected chi connectivity index (χ2v) is 10.0. The molecule has 9 nitrogen and oxygen atoms in total. The van der Waals surface area contributed by atoms with Crippen LogP contribution in [0, 0.1) is 0 Å². The van der Waals surface area contributed by atoms with Crippen LogP contribution in [-0.4, -0.2) is 39.4 Å². The Morgan fingerprint density at radius 1 is 1.00 bits per heavy atom. The molecule has 1 heterocycles. The van der Waals surface area contributed by atoms with Gasteiger partial charge in [0.2, 0.25) is 5.88 Å². The lowest BCUT2D eigenvalue weighted by molar-refractivity contribution is -0.138. The number of rotatable bonds is 6. The summed E-state index contributed by atoms with van der Waals surface area (Å²) in [5, 5.41) is 9.82. The Hall–Kier alpha value is -4.09. The molecule has 0 aliphatic rings. The molecule has 0 fully saturated rings. The van der Waals surface area contributed by atoms with Gasteiger partial charge in [-0.05, 0) is 65.7 Å². The first kappa shape index (κ1) is 30.1. The number of ether oxygens (including phenoxy) is 3. The molecule has 0 aliphatic heterocycles. The SMILES string of the molecule is C=CCc1ccccc1Oc1nc(C(=O)O)c(N(C(=O)OC(C)(C)C)C(=O)OC(C)(C)C)cc1C(F)(F)F. The molecule has 0 aliphatic carbocycles. The fourth-order valence-corrected chi connectivity index (χ4v) is 3.01. The average molecular weight is 539 g/mol. The third-order valence-corrected chi connectivity index (χ3v) is 4.41. The van der Waals surface area contributed by atoms with Crippen molar-refractivity contribution in [2.75, 3.05) is 4.90 Å². The van der Waals surface area contributed by atoms with E-state index in [1.54, 1.807) is 12.1 Å². The molecule has 2 rings (SSSR count). The van der Waals surface area contributed by atoms with E-state index in [2.05, 4.69) is 11.6 Å². The summed E-state index contributed by atoms with van der Waals surface area (Å²) in [6.45, 7) is 12.3. The molecule has 0 atom stereocenters. The van der Waals surface area contributed by atoms with Gasteiger partial charge in [0.1, 0.15) is 22.5 Å². The Labute approximate surface area is 217 Å². The van der Waals surface area contributed by atoms with Gasteiger partial charge in [-0.25, -0.2) is 19.4 Å². The van der Waals surface area contributed by atoms with E-state index in [4.69, 9.17) is 14.2 Å². The Bertz CT molecular complexity index is 1200. The summed E-state index contributed by atoms with van der Waals surface area (Å²) in [5.41, 5.74) is -5.56. The number of amides is 2. The Morgan fingerprint density at radius 3 is 1.97 bits per heavy atom. The standard InChI is InChI=1S/C26H29F3N2O7/c1-8-11-15-12-9-10-13-18(15)36-20-16(26(27,28)29)14-17(19(30-20)21(32)33)31(22(34)37-24(2,3)4)23(35)38-25(5,6)7/h8-10,12-14H,1,11H2,2-7H3,(H,32,33). The van der Waals surface area contributed by atoms with Gasteiger partial charge in [-0.1, -0.05) is 24.3 Å². The number of pyridine rings is 1. The molecule has 1 aromatic heterocycles. The number of aromatic carboxylic acids is 1. The molecule has 38 heavy (non-hydrogen) atoms. The maximum atomic E-state index is 14.2. The van der Waals surface area contributed by atoms with E-state index >= 15 is 0 Å². The van der Waals surface area contributed by atoms with Gasteiger partial charge in [0.05, 0.1) is 5.69 Å². The van der Waals surface area contributed by atoms with Gasteiger partial charge in [0.15, 0.2) is 5.69 Å². The minimum Gasteiger partial charge on any atom is -0.476 e. The van der Waals surface area contributed by atoms with E-state index in [-0.39, 0.29) is 23.1 Å². The third-order valence-electron chi connectivity index (χ3n) is 4.41. The molecule has 0 spiro atoms. The van der Waals surface area contributed by atoms with Crippen LogP contribution in [0.4, 0.5) is 28.4 Å². The van der Waals surface area contributed by atoms with E-state index in [1.165, 1.54) is 59.8 Å². The number of carboxylic acids is 1. The van der Waals surface area contributed by atoms with Crippen molar-refractivity contribution in [2.45, 2.75) is 65.3 Å². The van der Waals surface area contributed by atoms with Crippen molar-refractivity contribution in [2.24, 2.45) is 0 Å². The molecule has 0 bridgehead atoms. The number of hydrogen-bond acceptors (Lipinski definition) is 7. The number of carbonyl (C=O) groups excluding carboxylic acids is 2. The molecule has 0 radical (unpaired) electrons. The number of hydrogen-bond donors (Lipinski definition) is 1. The molecule has 0 unspecified atom stereocenters. The van der Waals surface area contributed by atoms with E-state index in [0.29, 0.717) is 5.56 Å². The maximum Gasteiger partial charge on any atom is 0.424 e. The van der Waals surface area contributed by atoms with Crippen LogP contribution in [0.2, 0.25) is 0 Å². The number of para-hydroxylation sites is 1. The Morgan fingerprint density at radius 2 is 1.53 bits per heavy atom. The smallest absolute Gasteiger partial charge is 0.424 e. The minimum atomic E-state index is -5.13. The number of anilines is 1. The highest BCUT2D eigenvalue weighted by Gasteiger charge is 2.42. The number of nitrogens with zero attached hydrogens (tertiary/aromatic N) is 2. The Balaban J connectivity index is 2.83. The molecule has 0 saturated heterocycles. The van der Waals surface area contributed by atoms with Crippen molar-refractivity contribution < 1.29 is 46.9 Å². The molecular formula is C26H29F3N2O7. The van der Waals surface area contributed by atoms with Gasteiger partial charge in [-0.15, -0.1) is 6.58 Å². The quantitative estimate of drug-likeness (QED) is 0.391. The summed E-state index contributed by atoms with van der Waals surface area (Å²) in [6, 6.07) is 6.39. The third kappa shape index (κ3) is 7.95. The zero-order valence-electron chi connectivity index (χ0n) is 21.8. The first-order valence-electron chi connectivity index (χ1n) is 11.3. The van der Waals surface area contributed by atoms with Crippen molar-refractivity contribution in [3.8, 4) is 11.6 Å². The summed E-state index contributed by atoms with van der Waals surface area (Å²) in [4.78, 5) is 41.7. The van der Waals surface area contributed by atoms with E-state index in [0.717, 1.165) is 0 Å².